The van der Waals surface area contributed by atoms with Crippen LogP contribution in [0.3, 0.4) is 0 Å². The Morgan fingerprint density at radius 2 is 1.47 bits per heavy atom. The van der Waals surface area contributed by atoms with Crippen LogP contribution in [0.5, 0.6) is 0 Å². The molecule has 0 bridgehead atoms. The van der Waals surface area contributed by atoms with E-state index in [1.54, 1.807) is 0 Å². The molecule has 0 aromatic rings. The molecule has 0 aliphatic heterocycles. The van der Waals surface area contributed by atoms with Gasteiger partial charge in [0.15, 0.2) is 0 Å². The molecular weight excluding hydrogens is 280 g/mol. The van der Waals surface area contributed by atoms with Crippen molar-refractivity contribution in [3.63, 3.8) is 0 Å². The summed E-state index contributed by atoms with van der Waals surface area (Å²) in [6.45, 7) is 4.01. The van der Waals surface area contributed by atoms with Crippen LogP contribution in [0.1, 0.15) is 71.6 Å². The monoisotopic (exact) mass is 304 g/mol. The van der Waals surface area contributed by atoms with Crippen molar-refractivity contribution in [2.45, 2.75) is 76.5 Å². The Balaban J connectivity index is 3.33. The van der Waals surface area contributed by atoms with Gasteiger partial charge in [0.1, 0.15) is 11.6 Å². The molecule has 0 saturated carbocycles. The molecule has 0 N–H and O–H groups in total. The van der Waals surface area contributed by atoms with E-state index in [4.69, 9.17) is 0 Å². The lowest BCUT2D eigenvalue weighted by molar-refractivity contribution is -0.119. The first-order valence-corrected chi connectivity index (χ1v) is 7.68. The van der Waals surface area contributed by atoms with Crippen LogP contribution in [-0.2, 0) is 9.59 Å². The molecule has 0 radical (unpaired) electrons. The van der Waals surface area contributed by atoms with E-state index in [0.29, 0.717) is 18.6 Å². The number of carbonyl (C=O) groups excluding carboxylic acids is 2. The van der Waals surface area contributed by atoms with Crippen LogP contribution in [-0.4, -0.2) is 16.4 Å². The summed E-state index contributed by atoms with van der Waals surface area (Å²) in [5, 5.41) is 0. The first-order valence-electron chi connectivity index (χ1n) is 6.76. The van der Waals surface area contributed by atoms with Crippen molar-refractivity contribution in [1.82, 2.24) is 0 Å². The van der Waals surface area contributed by atoms with Crippen molar-refractivity contribution in [2.75, 3.05) is 0 Å². The van der Waals surface area contributed by atoms with Crippen LogP contribution in [0.25, 0.3) is 0 Å². The maximum absolute atomic E-state index is 11.4. The van der Waals surface area contributed by atoms with E-state index in [9.17, 15) is 9.59 Å². The summed E-state index contributed by atoms with van der Waals surface area (Å²) in [5.74, 6) is 0.651. The molecule has 3 heteroatoms. The van der Waals surface area contributed by atoms with Crippen molar-refractivity contribution in [2.24, 2.45) is 0 Å². The molecular formula is C14H25BrO2. The molecule has 1 unspecified atom stereocenters. The van der Waals surface area contributed by atoms with Gasteiger partial charge in [-0.25, -0.2) is 0 Å². The third-order valence-corrected chi connectivity index (χ3v) is 3.39. The fraction of sp³-hybridized carbons (Fsp3) is 0.857. The summed E-state index contributed by atoms with van der Waals surface area (Å²) in [7, 11) is 0. The fourth-order valence-corrected chi connectivity index (χ4v) is 1.92. The summed E-state index contributed by atoms with van der Waals surface area (Å²) >= 11 is 3.26. The van der Waals surface area contributed by atoms with E-state index < -0.39 is 0 Å². The molecule has 100 valence electrons. The normalized spacial score (nSPS) is 12.4. The highest BCUT2D eigenvalue weighted by Crippen LogP contribution is 2.10. The lowest BCUT2D eigenvalue weighted by Gasteiger charge is -2.03. The highest BCUT2D eigenvalue weighted by Gasteiger charge is 2.08. The Kier molecular flexibility index (Phi) is 10.8. The number of halogens is 1. The number of ketones is 2. The zero-order chi connectivity index (χ0) is 13.1. The summed E-state index contributed by atoms with van der Waals surface area (Å²) < 4.78 is 0. The number of carbonyl (C=O) groups is 2. The van der Waals surface area contributed by atoms with Gasteiger partial charge in [0.05, 0.1) is 4.83 Å². The van der Waals surface area contributed by atoms with Crippen molar-refractivity contribution < 1.29 is 9.59 Å². The zero-order valence-corrected chi connectivity index (χ0v) is 12.7. The van der Waals surface area contributed by atoms with Crippen molar-refractivity contribution in [1.29, 1.82) is 0 Å². The number of rotatable bonds is 11. The minimum absolute atomic E-state index is 0.0295. The summed E-state index contributed by atoms with van der Waals surface area (Å²) in [4.78, 5) is 22.7. The molecule has 17 heavy (non-hydrogen) atoms. The summed E-state index contributed by atoms with van der Waals surface area (Å²) in [6.07, 6.45) is 8.28. The van der Waals surface area contributed by atoms with Crippen LogP contribution < -0.4 is 0 Å². The quantitative estimate of drug-likeness (QED) is 0.418. The molecule has 0 rings (SSSR count). The predicted octanol–water partition coefficient (Wildman–Crippen LogP) is 4.44. The van der Waals surface area contributed by atoms with Gasteiger partial charge in [-0.1, -0.05) is 42.1 Å². The van der Waals surface area contributed by atoms with Crippen molar-refractivity contribution in [3.8, 4) is 0 Å². The fourth-order valence-electron chi connectivity index (χ4n) is 1.69. The van der Waals surface area contributed by atoms with Gasteiger partial charge in [-0.2, -0.15) is 0 Å². The molecule has 1 atom stereocenters. The molecule has 0 amide bonds. The van der Waals surface area contributed by atoms with Gasteiger partial charge in [0.2, 0.25) is 0 Å². The highest BCUT2D eigenvalue weighted by molar-refractivity contribution is 9.10. The van der Waals surface area contributed by atoms with Gasteiger partial charge in [-0.05, 0) is 26.2 Å². The predicted molar refractivity (Wildman–Crippen MR) is 75.6 cm³/mol. The van der Waals surface area contributed by atoms with E-state index >= 15 is 0 Å². The molecule has 0 fully saturated rings. The van der Waals surface area contributed by atoms with Crippen LogP contribution in [0, 0.1) is 0 Å². The van der Waals surface area contributed by atoms with E-state index in [1.165, 1.54) is 6.42 Å². The van der Waals surface area contributed by atoms with Gasteiger partial charge in [-0.15, -0.1) is 0 Å². The Morgan fingerprint density at radius 3 is 2.00 bits per heavy atom. The maximum Gasteiger partial charge on any atom is 0.146 e. The molecule has 0 saturated heterocycles. The lowest BCUT2D eigenvalue weighted by Crippen LogP contribution is -2.08. The van der Waals surface area contributed by atoms with Gasteiger partial charge >= 0.3 is 0 Å². The second kappa shape index (κ2) is 10.9. The smallest absolute Gasteiger partial charge is 0.146 e. The molecule has 0 aliphatic carbocycles. The van der Waals surface area contributed by atoms with Crippen molar-refractivity contribution >= 4 is 27.5 Å². The Bertz CT molecular complexity index is 224. The van der Waals surface area contributed by atoms with E-state index in [2.05, 4.69) is 22.9 Å². The standard InChI is InChI=1S/C14H25BrO2/c1-3-4-6-9-13(16)10-7-5-8-11-14(17)12(2)15/h12H,3-11H2,1-2H3. The number of hydrogen-bond donors (Lipinski definition) is 0. The second-order valence-corrected chi connectivity index (χ2v) is 6.01. The average molecular weight is 305 g/mol. The molecule has 0 heterocycles. The number of unbranched alkanes of at least 4 members (excludes halogenated alkanes) is 4. The first-order chi connectivity index (χ1) is 8.07. The van der Waals surface area contributed by atoms with Crippen LogP contribution >= 0.6 is 15.9 Å². The minimum Gasteiger partial charge on any atom is -0.300 e. The van der Waals surface area contributed by atoms with Crippen LogP contribution in [0.4, 0.5) is 0 Å². The largest absolute Gasteiger partial charge is 0.300 e. The van der Waals surface area contributed by atoms with Gasteiger partial charge in [0.25, 0.3) is 0 Å². The average Bonchev–Trinajstić information content (AvgIpc) is 2.28. The van der Waals surface area contributed by atoms with Gasteiger partial charge in [-0.3, -0.25) is 9.59 Å². The lowest BCUT2D eigenvalue weighted by atomic mass is 10.0. The van der Waals surface area contributed by atoms with E-state index in [1.807, 2.05) is 6.92 Å². The molecule has 2 nitrogen and oxygen atoms in total. The van der Waals surface area contributed by atoms with Gasteiger partial charge < -0.3 is 0 Å². The SMILES string of the molecule is CCCCCC(=O)CCCCCC(=O)C(C)Br. The minimum atomic E-state index is -0.0295. The summed E-state index contributed by atoms with van der Waals surface area (Å²) in [5.41, 5.74) is 0. The topological polar surface area (TPSA) is 34.1 Å². The third-order valence-electron chi connectivity index (χ3n) is 2.88. The molecule has 0 aromatic heterocycles. The third kappa shape index (κ3) is 10.7. The number of Topliss-reactive ketones (excluding diaryl/α,β-unsaturated/α-hetero) is 2. The highest BCUT2D eigenvalue weighted by atomic mass is 79.9. The Hall–Kier alpha value is -0.180. The van der Waals surface area contributed by atoms with Gasteiger partial charge in [0, 0.05) is 19.3 Å². The van der Waals surface area contributed by atoms with Crippen molar-refractivity contribution in [3.05, 3.63) is 0 Å². The molecule has 0 spiro atoms. The van der Waals surface area contributed by atoms with E-state index in [0.717, 1.165) is 38.5 Å². The zero-order valence-electron chi connectivity index (χ0n) is 11.1. The Morgan fingerprint density at radius 1 is 0.941 bits per heavy atom. The Labute approximate surface area is 114 Å². The second-order valence-electron chi connectivity index (χ2n) is 4.64. The van der Waals surface area contributed by atoms with Crippen LogP contribution in [0.2, 0.25) is 0 Å². The number of alkyl halides is 1. The first kappa shape index (κ1) is 16.8. The maximum atomic E-state index is 11.4. The molecule has 0 aromatic carbocycles. The molecule has 0 aliphatic rings. The van der Waals surface area contributed by atoms with E-state index in [-0.39, 0.29) is 10.6 Å². The number of hydrogen-bond acceptors (Lipinski definition) is 2. The van der Waals surface area contributed by atoms with Crippen LogP contribution in [0.15, 0.2) is 0 Å². The summed E-state index contributed by atoms with van der Waals surface area (Å²) in [6, 6.07) is 0.